The topological polar surface area (TPSA) is 52.6 Å². The van der Waals surface area contributed by atoms with E-state index in [1.165, 1.54) is 45.2 Å². The number of unbranched alkanes of at least 4 members (excludes halogenated alkanes) is 1. The Morgan fingerprint density at radius 2 is 2.27 bits per heavy atom. The van der Waals surface area contributed by atoms with Gasteiger partial charge in [-0.05, 0) is 50.0 Å². The quantitative estimate of drug-likeness (QED) is 0.775. The molecule has 1 heterocycles. The molecular weight excluding hydrogens is 276 g/mol. The summed E-state index contributed by atoms with van der Waals surface area (Å²) in [6.45, 7) is 6.39. The number of hydrogen-bond donors (Lipinski definition) is 2. The minimum absolute atomic E-state index is 0.363. The van der Waals surface area contributed by atoms with E-state index < -0.39 is 5.97 Å². The van der Waals surface area contributed by atoms with Gasteiger partial charge in [0.2, 0.25) is 0 Å². The molecule has 0 aromatic heterocycles. The maximum Gasteiger partial charge on any atom is 0.335 e. The zero-order valence-electron chi connectivity index (χ0n) is 13.6. The number of benzene rings is 1. The highest BCUT2D eigenvalue weighted by Crippen LogP contribution is 2.17. The summed E-state index contributed by atoms with van der Waals surface area (Å²) < 4.78 is 0. The van der Waals surface area contributed by atoms with Crippen molar-refractivity contribution in [1.29, 1.82) is 0 Å². The van der Waals surface area contributed by atoms with Crippen molar-refractivity contribution in [2.45, 2.75) is 51.6 Å². The Bertz CT molecular complexity index is 476. The van der Waals surface area contributed by atoms with Gasteiger partial charge in [-0.25, -0.2) is 4.79 Å². The van der Waals surface area contributed by atoms with Crippen LogP contribution in [0.2, 0.25) is 0 Å². The predicted molar refractivity (Wildman–Crippen MR) is 89.2 cm³/mol. The summed E-state index contributed by atoms with van der Waals surface area (Å²) in [5.41, 5.74) is 1.40. The van der Waals surface area contributed by atoms with Gasteiger partial charge in [0.25, 0.3) is 0 Å². The molecule has 22 heavy (non-hydrogen) atoms. The van der Waals surface area contributed by atoms with Crippen LogP contribution in [-0.4, -0.2) is 41.7 Å². The number of carboxylic acid groups (broad SMARTS) is 1. The third-order valence-corrected chi connectivity index (χ3v) is 4.43. The molecule has 1 fully saturated rings. The zero-order chi connectivity index (χ0) is 15.8. The van der Waals surface area contributed by atoms with Crippen LogP contribution < -0.4 is 5.32 Å². The second kappa shape index (κ2) is 8.91. The molecule has 2 rings (SSSR count). The van der Waals surface area contributed by atoms with Crippen LogP contribution in [0.5, 0.6) is 0 Å². The number of nitrogens with zero attached hydrogens (tertiary/aromatic N) is 1. The van der Waals surface area contributed by atoms with Gasteiger partial charge < -0.3 is 10.4 Å². The summed E-state index contributed by atoms with van der Waals surface area (Å²) >= 11 is 0. The maximum atomic E-state index is 11.0. The molecule has 0 spiro atoms. The fourth-order valence-corrected chi connectivity index (χ4v) is 3.14. The molecule has 1 unspecified atom stereocenters. The van der Waals surface area contributed by atoms with Crippen LogP contribution in [0.1, 0.15) is 54.9 Å². The highest BCUT2D eigenvalue weighted by molar-refractivity contribution is 5.87. The van der Waals surface area contributed by atoms with Gasteiger partial charge in [-0.15, -0.1) is 0 Å². The van der Waals surface area contributed by atoms with Gasteiger partial charge >= 0.3 is 5.97 Å². The molecule has 0 radical (unpaired) electrons. The van der Waals surface area contributed by atoms with E-state index in [0.29, 0.717) is 11.6 Å². The number of nitrogens with one attached hydrogen (secondary N) is 1. The van der Waals surface area contributed by atoms with Crippen LogP contribution in [0.4, 0.5) is 0 Å². The lowest BCUT2D eigenvalue weighted by molar-refractivity contribution is 0.0696. The van der Waals surface area contributed by atoms with E-state index in [2.05, 4.69) is 17.1 Å². The summed E-state index contributed by atoms with van der Waals surface area (Å²) in [6, 6.07) is 7.82. The Morgan fingerprint density at radius 1 is 1.41 bits per heavy atom. The summed E-state index contributed by atoms with van der Waals surface area (Å²) in [5, 5.41) is 12.5. The highest BCUT2D eigenvalue weighted by Gasteiger charge is 2.21. The highest BCUT2D eigenvalue weighted by atomic mass is 16.4. The Labute approximate surface area is 133 Å². The van der Waals surface area contributed by atoms with Gasteiger partial charge in [0.15, 0.2) is 0 Å². The van der Waals surface area contributed by atoms with Crippen molar-refractivity contribution in [2.75, 3.05) is 19.6 Å². The van der Waals surface area contributed by atoms with E-state index in [4.69, 9.17) is 5.11 Å². The van der Waals surface area contributed by atoms with Crippen molar-refractivity contribution in [3.05, 3.63) is 35.4 Å². The summed E-state index contributed by atoms with van der Waals surface area (Å²) in [7, 11) is 0. The molecule has 122 valence electrons. The Morgan fingerprint density at radius 3 is 3.05 bits per heavy atom. The SMILES string of the molecule is CCCCN1CCCCC1CNCc1cccc(C(=O)O)c1. The van der Waals surface area contributed by atoms with Gasteiger partial charge in [-0.3, -0.25) is 4.90 Å². The molecule has 4 heteroatoms. The Kier molecular flexibility index (Phi) is 6.87. The second-order valence-electron chi connectivity index (χ2n) is 6.18. The molecule has 1 aliphatic heterocycles. The third kappa shape index (κ3) is 5.11. The van der Waals surface area contributed by atoms with E-state index >= 15 is 0 Å². The first kappa shape index (κ1) is 17.0. The molecule has 0 amide bonds. The largest absolute Gasteiger partial charge is 0.478 e. The van der Waals surface area contributed by atoms with E-state index in [-0.39, 0.29) is 0 Å². The Hall–Kier alpha value is -1.39. The van der Waals surface area contributed by atoms with Crippen molar-refractivity contribution in [3.8, 4) is 0 Å². The lowest BCUT2D eigenvalue weighted by atomic mass is 10.0. The summed E-state index contributed by atoms with van der Waals surface area (Å²) in [4.78, 5) is 13.6. The van der Waals surface area contributed by atoms with Crippen molar-refractivity contribution in [3.63, 3.8) is 0 Å². The van der Waals surface area contributed by atoms with Crippen LogP contribution in [0.3, 0.4) is 0 Å². The van der Waals surface area contributed by atoms with E-state index in [0.717, 1.165) is 18.7 Å². The van der Waals surface area contributed by atoms with Crippen molar-refractivity contribution < 1.29 is 9.90 Å². The number of likely N-dealkylation sites (tertiary alicyclic amines) is 1. The number of carbonyl (C=O) groups is 1. The predicted octanol–water partition coefficient (Wildman–Crippen LogP) is 3.13. The van der Waals surface area contributed by atoms with Crippen molar-refractivity contribution >= 4 is 5.97 Å². The second-order valence-corrected chi connectivity index (χ2v) is 6.18. The number of piperidine rings is 1. The van der Waals surface area contributed by atoms with E-state index in [1.807, 2.05) is 12.1 Å². The molecule has 1 aromatic rings. The number of rotatable bonds is 8. The molecule has 4 nitrogen and oxygen atoms in total. The fourth-order valence-electron chi connectivity index (χ4n) is 3.14. The van der Waals surface area contributed by atoms with Crippen LogP contribution >= 0.6 is 0 Å². The minimum Gasteiger partial charge on any atom is -0.478 e. The van der Waals surface area contributed by atoms with Crippen LogP contribution in [-0.2, 0) is 6.54 Å². The van der Waals surface area contributed by atoms with Gasteiger partial charge in [0.05, 0.1) is 5.56 Å². The molecular formula is C18H28N2O2. The Balaban J connectivity index is 1.81. The van der Waals surface area contributed by atoms with Crippen molar-refractivity contribution in [1.82, 2.24) is 10.2 Å². The number of carboxylic acids is 1. The van der Waals surface area contributed by atoms with Crippen molar-refractivity contribution in [2.24, 2.45) is 0 Å². The van der Waals surface area contributed by atoms with Crippen LogP contribution in [0, 0.1) is 0 Å². The lowest BCUT2D eigenvalue weighted by Crippen LogP contribution is -2.45. The van der Waals surface area contributed by atoms with E-state index in [1.54, 1.807) is 12.1 Å². The van der Waals surface area contributed by atoms with Gasteiger partial charge in [0, 0.05) is 19.1 Å². The third-order valence-electron chi connectivity index (χ3n) is 4.43. The molecule has 1 atom stereocenters. The summed E-state index contributed by atoms with van der Waals surface area (Å²) in [6.07, 6.45) is 6.44. The molecule has 0 aliphatic carbocycles. The maximum absolute atomic E-state index is 11.0. The van der Waals surface area contributed by atoms with Gasteiger partial charge in [-0.1, -0.05) is 31.9 Å². The average Bonchev–Trinajstić information content (AvgIpc) is 2.54. The number of aromatic carboxylic acids is 1. The number of hydrogen-bond acceptors (Lipinski definition) is 3. The van der Waals surface area contributed by atoms with Gasteiger partial charge in [0.1, 0.15) is 0 Å². The molecule has 1 saturated heterocycles. The minimum atomic E-state index is -0.861. The molecule has 1 aliphatic rings. The molecule has 1 aromatic carbocycles. The first-order chi connectivity index (χ1) is 10.7. The monoisotopic (exact) mass is 304 g/mol. The molecule has 0 saturated carbocycles. The standard InChI is InChI=1S/C18H28N2O2/c1-2-3-10-20-11-5-4-9-17(20)14-19-13-15-7-6-8-16(12-15)18(21)22/h6-8,12,17,19H,2-5,9-11,13-14H2,1H3,(H,21,22). The van der Waals surface area contributed by atoms with E-state index in [9.17, 15) is 4.79 Å². The summed E-state index contributed by atoms with van der Waals surface area (Å²) in [5.74, 6) is -0.861. The van der Waals surface area contributed by atoms with Crippen LogP contribution in [0.15, 0.2) is 24.3 Å². The van der Waals surface area contributed by atoms with Crippen LogP contribution in [0.25, 0.3) is 0 Å². The molecule has 0 bridgehead atoms. The zero-order valence-corrected chi connectivity index (χ0v) is 13.6. The fraction of sp³-hybridized carbons (Fsp3) is 0.611. The average molecular weight is 304 g/mol. The van der Waals surface area contributed by atoms with Gasteiger partial charge in [-0.2, -0.15) is 0 Å². The normalized spacial score (nSPS) is 19.2. The first-order valence-corrected chi connectivity index (χ1v) is 8.47. The lowest BCUT2D eigenvalue weighted by Gasteiger charge is -2.36. The first-order valence-electron chi connectivity index (χ1n) is 8.47. The molecule has 2 N–H and O–H groups in total. The smallest absolute Gasteiger partial charge is 0.335 e.